The Labute approximate surface area is 121 Å². The SMILES string of the molecule is CNC(CCN(C)C(C)C(C)C)c1cc(F)cc(F)c1. The van der Waals surface area contributed by atoms with E-state index in [0.29, 0.717) is 17.5 Å². The van der Waals surface area contributed by atoms with E-state index < -0.39 is 11.6 Å². The van der Waals surface area contributed by atoms with E-state index in [1.807, 2.05) is 7.05 Å². The summed E-state index contributed by atoms with van der Waals surface area (Å²) in [6, 6.07) is 4.15. The minimum Gasteiger partial charge on any atom is -0.313 e. The predicted octanol–water partition coefficient (Wildman–Crippen LogP) is 3.59. The first-order chi connectivity index (χ1) is 9.35. The van der Waals surface area contributed by atoms with Gasteiger partial charge < -0.3 is 10.2 Å². The van der Waals surface area contributed by atoms with E-state index in [1.165, 1.54) is 12.1 Å². The monoisotopic (exact) mass is 284 g/mol. The van der Waals surface area contributed by atoms with Crippen molar-refractivity contribution < 1.29 is 8.78 Å². The third-order valence-electron chi connectivity index (χ3n) is 4.07. The second-order valence-corrected chi connectivity index (χ2v) is 5.80. The van der Waals surface area contributed by atoms with E-state index >= 15 is 0 Å². The number of rotatable bonds is 7. The van der Waals surface area contributed by atoms with Gasteiger partial charge in [0.25, 0.3) is 0 Å². The van der Waals surface area contributed by atoms with Gasteiger partial charge in [-0.3, -0.25) is 0 Å². The summed E-state index contributed by atoms with van der Waals surface area (Å²) in [5.41, 5.74) is 0.663. The molecule has 0 amide bonds. The van der Waals surface area contributed by atoms with Crippen LogP contribution in [-0.2, 0) is 0 Å². The molecule has 114 valence electrons. The summed E-state index contributed by atoms with van der Waals surface area (Å²) < 4.78 is 26.6. The molecule has 0 aliphatic rings. The van der Waals surface area contributed by atoms with Gasteiger partial charge in [-0.25, -0.2) is 8.78 Å². The quantitative estimate of drug-likeness (QED) is 0.823. The Morgan fingerprint density at radius 3 is 2.10 bits per heavy atom. The van der Waals surface area contributed by atoms with Crippen molar-refractivity contribution in [3.63, 3.8) is 0 Å². The van der Waals surface area contributed by atoms with Crippen LogP contribution in [0.5, 0.6) is 0 Å². The van der Waals surface area contributed by atoms with Gasteiger partial charge in [0.1, 0.15) is 11.6 Å². The van der Waals surface area contributed by atoms with Gasteiger partial charge >= 0.3 is 0 Å². The number of hydrogen-bond acceptors (Lipinski definition) is 2. The highest BCUT2D eigenvalue weighted by molar-refractivity contribution is 5.21. The second-order valence-electron chi connectivity index (χ2n) is 5.80. The molecule has 0 radical (unpaired) electrons. The number of hydrogen-bond donors (Lipinski definition) is 1. The Morgan fingerprint density at radius 1 is 1.10 bits per heavy atom. The summed E-state index contributed by atoms with van der Waals surface area (Å²) in [4.78, 5) is 2.28. The highest BCUT2D eigenvalue weighted by Crippen LogP contribution is 2.20. The van der Waals surface area contributed by atoms with E-state index in [0.717, 1.165) is 19.0 Å². The van der Waals surface area contributed by atoms with Gasteiger partial charge in [0.05, 0.1) is 0 Å². The molecule has 0 spiro atoms. The molecule has 2 unspecified atom stereocenters. The van der Waals surface area contributed by atoms with Gasteiger partial charge in [0.2, 0.25) is 0 Å². The number of nitrogens with one attached hydrogen (secondary N) is 1. The standard InChI is InChI=1S/C16H26F2N2/c1-11(2)12(3)20(5)7-6-16(19-4)13-8-14(17)10-15(18)9-13/h8-12,16,19H,6-7H2,1-5H3. The molecule has 1 aromatic rings. The van der Waals surface area contributed by atoms with Gasteiger partial charge in [0, 0.05) is 18.2 Å². The zero-order chi connectivity index (χ0) is 15.3. The lowest BCUT2D eigenvalue weighted by Crippen LogP contribution is -2.35. The fraction of sp³-hybridized carbons (Fsp3) is 0.625. The van der Waals surface area contributed by atoms with E-state index in [-0.39, 0.29) is 6.04 Å². The third-order valence-corrected chi connectivity index (χ3v) is 4.07. The Hall–Kier alpha value is -1.00. The molecular weight excluding hydrogens is 258 g/mol. The van der Waals surface area contributed by atoms with Crippen LogP contribution in [0, 0.1) is 17.6 Å². The Bertz CT molecular complexity index is 401. The fourth-order valence-electron chi connectivity index (χ4n) is 2.30. The summed E-state index contributed by atoms with van der Waals surface area (Å²) in [6.07, 6.45) is 0.812. The van der Waals surface area contributed by atoms with Gasteiger partial charge in [0.15, 0.2) is 0 Å². The van der Waals surface area contributed by atoms with E-state index in [4.69, 9.17) is 0 Å². The van der Waals surface area contributed by atoms with E-state index in [2.05, 4.69) is 38.0 Å². The molecule has 1 rings (SSSR count). The van der Waals surface area contributed by atoms with Gasteiger partial charge in [-0.05, 0) is 57.6 Å². The van der Waals surface area contributed by atoms with Crippen LogP contribution in [0.4, 0.5) is 8.78 Å². The predicted molar refractivity (Wildman–Crippen MR) is 79.7 cm³/mol. The smallest absolute Gasteiger partial charge is 0.126 e. The average molecular weight is 284 g/mol. The molecule has 2 nitrogen and oxygen atoms in total. The topological polar surface area (TPSA) is 15.3 Å². The Morgan fingerprint density at radius 2 is 1.65 bits per heavy atom. The van der Waals surface area contributed by atoms with Gasteiger partial charge in [-0.2, -0.15) is 0 Å². The first-order valence-corrected chi connectivity index (χ1v) is 7.18. The van der Waals surface area contributed by atoms with Crippen molar-refractivity contribution in [2.24, 2.45) is 5.92 Å². The van der Waals surface area contributed by atoms with Crippen molar-refractivity contribution in [3.05, 3.63) is 35.4 Å². The normalized spacial score (nSPS) is 14.8. The lowest BCUT2D eigenvalue weighted by atomic mass is 10.0. The number of benzene rings is 1. The molecule has 0 saturated heterocycles. The maximum atomic E-state index is 13.3. The van der Waals surface area contributed by atoms with Crippen molar-refractivity contribution in [3.8, 4) is 0 Å². The minimum absolute atomic E-state index is 0.0398. The van der Waals surface area contributed by atoms with Crippen LogP contribution in [0.3, 0.4) is 0 Å². The van der Waals surface area contributed by atoms with Crippen molar-refractivity contribution >= 4 is 0 Å². The van der Waals surface area contributed by atoms with Crippen molar-refractivity contribution in [1.82, 2.24) is 10.2 Å². The zero-order valence-corrected chi connectivity index (χ0v) is 13.1. The second kappa shape index (κ2) is 7.70. The maximum absolute atomic E-state index is 13.3. The van der Waals surface area contributed by atoms with Crippen LogP contribution in [0.2, 0.25) is 0 Å². The van der Waals surface area contributed by atoms with E-state index in [9.17, 15) is 8.78 Å². The maximum Gasteiger partial charge on any atom is 0.126 e. The highest BCUT2D eigenvalue weighted by atomic mass is 19.1. The largest absolute Gasteiger partial charge is 0.313 e. The molecule has 4 heteroatoms. The highest BCUT2D eigenvalue weighted by Gasteiger charge is 2.16. The van der Waals surface area contributed by atoms with Crippen LogP contribution in [0.25, 0.3) is 0 Å². The third kappa shape index (κ3) is 4.84. The molecule has 0 saturated carbocycles. The average Bonchev–Trinajstić information content (AvgIpc) is 2.37. The van der Waals surface area contributed by atoms with Crippen LogP contribution >= 0.6 is 0 Å². The first-order valence-electron chi connectivity index (χ1n) is 7.18. The number of nitrogens with zero attached hydrogens (tertiary/aromatic N) is 1. The molecule has 2 atom stereocenters. The molecule has 0 heterocycles. The molecule has 0 aliphatic heterocycles. The molecule has 1 aromatic carbocycles. The van der Waals surface area contributed by atoms with Gasteiger partial charge in [-0.15, -0.1) is 0 Å². The van der Waals surface area contributed by atoms with Gasteiger partial charge in [-0.1, -0.05) is 13.8 Å². The van der Waals surface area contributed by atoms with Crippen LogP contribution in [0.15, 0.2) is 18.2 Å². The molecule has 1 N–H and O–H groups in total. The molecule has 0 aliphatic carbocycles. The summed E-state index contributed by atoms with van der Waals surface area (Å²) in [5, 5.41) is 3.14. The fourth-order valence-corrected chi connectivity index (χ4v) is 2.30. The summed E-state index contributed by atoms with van der Waals surface area (Å²) in [6.45, 7) is 7.46. The van der Waals surface area contributed by atoms with Crippen molar-refractivity contribution in [2.45, 2.75) is 39.3 Å². The minimum atomic E-state index is -0.524. The summed E-state index contributed by atoms with van der Waals surface area (Å²) in [5.74, 6) is -0.465. The molecule has 0 fully saturated rings. The Kier molecular flexibility index (Phi) is 6.56. The molecule has 0 aromatic heterocycles. The molecular formula is C16H26F2N2. The van der Waals surface area contributed by atoms with Crippen LogP contribution in [-0.4, -0.2) is 31.6 Å². The summed E-state index contributed by atoms with van der Waals surface area (Å²) >= 11 is 0. The zero-order valence-electron chi connectivity index (χ0n) is 13.1. The molecule has 0 bridgehead atoms. The lowest BCUT2D eigenvalue weighted by molar-refractivity contribution is 0.199. The van der Waals surface area contributed by atoms with Crippen LogP contribution in [0.1, 0.15) is 38.8 Å². The lowest BCUT2D eigenvalue weighted by Gasteiger charge is -2.29. The van der Waals surface area contributed by atoms with E-state index in [1.54, 1.807) is 0 Å². The molecule has 20 heavy (non-hydrogen) atoms. The first kappa shape index (κ1) is 17.1. The summed E-state index contributed by atoms with van der Waals surface area (Å²) in [7, 11) is 3.91. The van der Waals surface area contributed by atoms with Crippen molar-refractivity contribution in [2.75, 3.05) is 20.6 Å². The Balaban J connectivity index is 2.68. The number of halogens is 2. The van der Waals surface area contributed by atoms with Crippen LogP contribution < -0.4 is 5.32 Å². The van der Waals surface area contributed by atoms with Crippen molar-refractivity contribution in [1.29, 1.82) is 0 Å².